The van der Waals surface area contributed by atoms with Crippen molar-refractivity contribution in [3.63, 3.8) is 0 Å². The van der Waals surface area contributed by atoms with E-state index in [4.69, 9.17) is 27.9 Å². The minimum atomic E-state index is -0.471. The van der Waals surface area contributed by atoms with Crippen molar-refractivity contribution in [2.24, 2.45) is 0 Å². The summed E-state index contributed by atoms with van der Waals surface area (Å²) in [7, 11) is 0. The van der Waals surface area contributed by atoms with Gasteiger partial charge in [0, 0.05) is 0 Å². The first kappa shape index (κ1) is 10.4. The Morgan fingerprint density at radius 1 is 1.33 bits per heavy atom. The first-order chi connectivity index (χ1) is 5.70. The van der Waals surface area contributed by atoms with Crippen molar-refractivity contribution in [3.8, 4) is 5.75 Å². The molecule has 0 aliphatic rings. The second-order valence-electron chi connectivity index (χ2n) is 2.13. The number of benzene rings is 1. The maximum absolute atomic E-state index is 5.52. The summed E-state index contributed by atoms with van der Waals surface area (Å²) in [6.45, 7) is 0.323. The van der Waals surface area contributed by atoms with Gasteiger partial charge in [0.05, 0.1) is 3.57 Å². The van der Waals surface area contributed by atoms with E-state index in [0.29, 0.717) is 6.61 Å². The first-order valence-electron chi connectivity index (χ1n) is 3.35. The fourth-order valence-corrected chi connectivity index (χ4v) is 1.38. The average Bonchev–Trinajstić information content (AvgIpc) is 2.03. The van der Waals surface area contributed by atoms with Crippen molar-refractivity contribution in [1.82, 2.24) is 0 Å². The number of halogens is 3. The molecule has 0 bridgehead atoms. The van der Waals surface area contributed by atoms with Crippen LogP contribution in [0.5, 0.6) is 5.75 Å². The van der Waals surface area contributed by atoms with Gasteiger partial charge in [0.25, 0.3) is 0 Å². The molecule has 12 heavy (non-hydrogen) atoms. The third kappa shape index (κ3) is 3.37. The van der Waals surface area contributed by atoms with Gasteiger partial charge in [-0.2, -0.15) is 0 Å². The largest absolute Gasteiger partial charge is 0.490 e. The number of para-hydroxylation sites is 1. The van der Waals surface area contributed by atoms with Crippen LogP contribution in [0.25, 0.3) is 0 Å². The predicted molar refractivity (Wildman–Crippen MR) is 60.1 cm³/mol. The van der Waals surface area contributed by atoms with Crippen molar-refractivity contribution in [2.75, 3.05) is 6.61 Å². The second-order valence-corrected chi connectivity index (χ2v) is 4.57. The Morgan fingerprint density at radius 2 is 2.00 bits per heavy atom. The number of hydrogen-bond acceptors (Lipinski definition) is 1. The number of hydrogen-bond donors (Lipinski definition) is 0. The van der Waals surface area contributed by atoms with Gasteiger partial charge in [-0.25, -0.2) is 0 Å². The van der Waals surface area contributed by atoms with Gasteiger partial charge in [-0.1, -0.05) is 12.1 Å². The van der Waals surface area contributed by atoms with Crippen LogP contribution in [0.4, 0.5) is 0 Å². The van der Waals surface area contributed by atoms with E-state index in [-0.39, 0.29) is 0 Å². The lowest BCUT2D eigenvalue weighted by atomic mass is 10.3. The van der Waals surface area contributed by atoms with Crippen LogP contribution in [0.2, 0.25) is 0 Å². The smallest absolute Gasteiger partial charge is 0.141 e. The molecule has 0 aliphatic carbocycles. The molecule has 0 unspecified atom stereocenters. The van der Waals surface area contributed by atoms with Crippen LogP contribution in [-0.2, 0) is 0 Å². The summed E-state index contributed by atoms with van der Waals surface area (Å²) < 4.78 is 6.39. The molecule has 1 aromatic carbocycles. The molecular weight excluding hydrogens is 310 g/mol. The maximum Gasteiger partial charge on any atom is 0.141 e. The summed E-state index contributed by atoms with van der Waals surface area (Å²) in [5, 5.41) is 0. The molecule has 0 fully saturated rings. The van der Waals surface area contributed by atoms with E-state index in [9.17, 15) is 0 Å². The van der Waals surface area contributed by atoms with Crippen LogP contribution in [0.3, 0.4) is 0 Å². The van der Waals surface area contributed by atoms with Crippen LogP contribution in [0.1, 0.15) is 0 Å². The summed E-state index contributed by atoms with van der Waals surface area (Å²) in [5.74, 6) is 0.824. The number of ether oxygens (including phenoxy) is 1. The monoisotopic (exact) mass is 316 g/mol. The topological polar surface area (TPSA) is 9.23 Å². The van der Waals surface area contributed by atoms with Crippen molar-refractivity contribution in [3.05, 3.63) is 27.8 Å². The van der Waals surface area contributed by atoms with Gasteiger partial charge in [0.1, 0.15) is 17.2 Å². The van der Waals surface area contributed by atoms with E-state index in [1.54, 1.807) is 0 Å². The van der Waals surface area contributed by atoms with E-state index in [1.807, 2.05) is 24.3 Å². The summed E-state index contributed by atoms with van der Waals surface area (Å²) >= 11 is 13.2. The highest BCUT2D eigenvalue weighted by atomic mass is 127. The highest BCUT2D eigenvalue weighted by Gasteiger charge is 2.02. The van der Waals surface area contributed by atoms with Crippen LogP contribution < -0.4 is 4.74 Å². The van der Waals surface area contributed by atoms with Gasteiger partial charge >= 0.3 is 0 Å². The molecule has 66 valence electrons. The summed E-state index contributed by atoms with van der Waals surface area (Å²) in [5.41, 5.74) is 0. The zero-order valence-corrected chi connectivity index (χ0v) is 9.81. The molecule has 4 heteroatoms. The molecule has 1 rings (SSSR count). The Bertz CT molecular complexity index is 253. The fourth-order valence-electron chi connectivity index (χ4n) is 0.715. The Morgan fingerprint density at radius 3 is 2.58 bits per heavy atom. The lowest BCUT2D eigenvalue weighted by molar-refractivity contribution is 0.332. The summed E-state index contributed by atoms with van der Waals surface area (Å²) in [4.78, 5) is -0.471. The zero-order chi connectivity index (χ0) is 8.97. The highest BCUT2D eigenvalue weighted by Crippen LogP contribution is 2.20. The van der Waals surface area contributed by atoms with Crippen LogP contribution in [-0.4, -0.2) is 11.4 Å². The van der Waals surface area contributed by atoms with E-state index in [1.165, 1.54) is 0 Å². The molecule has 0 aliphatic heterocycles. The minimum Gasteiger partial charge on any atom is -0.490 e. The molecule has 1 aromatic rings. The Balaban J connectivity index is 2.57. The Kier molecular flexibility index (Phi) is 4.46. The average molecular weight is 317 g/mol. The van der Waals surface area contributed by atoms with Crippen molar-refractivity contribution >= 4 is 45.8 Å². The van der Waals surface area contributed by atoms with Gasteiger partial charge in [-0.3, -0.25) is 0 Å². The second kappa shape index (κ2) is 5.14. The third-order valence-electron chi connectivity index (χ3n) is 1.20. The van der Waals surface area contributed by atoms with Crippen LogP contribution in [0, 0.1) is 3.57 Å². The Labute approximate surface area is 95.1 Å². The van der Waals surface area contributed by atoms with Crippen molar-refractivity contribution in [2.45, 2.75) is 4.84 Å². The summed E-state index contributed by atoms with van der Waals surface area (Å²) in [6, 6.07) is 7.72. The van der Waals surface area contributed by atoms with Crippen molar-refractivity contribution < 1.29 is 4.74 Å². The SMILES string of the molecule is ClC(Cl)COc1ccccc1I. The van der Waals surface area contributed by atoms with Gasteiger partial charge in [0.15, 0.2) is 0 Å². The minimum absolute atomic E-state index is 0.323. The van der Waals surface area contributed by atoms with Crippen molar-refractivity contribution in [1.29, 1.82) is 0 Å². The first-order valence-corrected chi connectivity index (χ1v) is 5.31. The fraction of sp³-hybridized carbons (Fsp3) is 0.250. The molecule has 0 atom stereocenters. The number of rotatable bonds is 3. The molecule has 0 saturated heterocycles. The molecule has 1 nitrogen and oxygen atoms in total. The molecular formula is C8H7Cl2IO. The Hall–Kier alpha value is 0.330. The van der Waals surface area contributed by atoms with Gasteiger partial charge in [0.2, 0.25) is 0 Å². The third-order valence-corrected chi connectivity index (χ3v) is 2.34. The van der Waals surface area contributed by atoms with E-state index >= 15 is 0 Å². The van der Waals surface area contributed by atoms with Gasteiger partial charge in [-0.15, -0.1) is 23.2 Å². The highest BCUT2D eigenvalue weighted by molar-refractivity contribution is 14.1. The normalized spacial score (nSPS) is 10.3. The quantitative estimate of drug-likeness (QED) is 0.613. The molecule has 0 radical (unpaired) electrons. The predicted octanol–water partition coefficient (Wildman–Crippen LogP) is 3.47. The zero-order valence-electron chi connectivity index (χ0n) is 6.14. The standard InChI is InChI=1S/C8H7Cl2IO/c9-8(10)5-12-7-4-2-1-3-6(7)11/h1-4,8H,5H2. The number of alkyl halides is 2. The molecule has 0 heterocycles. The van der Waals surface area contributed by atoms with E-state index in [2.05, 4.69) is 22.6 Å². The molecule has 0 amide bonds. The molecule has 0 aromatic heterocycles. The molecule has 0 saturated carbocycles. The van der Waals surface area contributed by atoms with Crippen LogP contribution >= 0.6 is 45.8 Å². The lowest BCUT2D eigenvalue weighted by Gasteiger charge is -2.07. The van der Waals surface area contributed by atoms with Crippen LogP contribution in [0.15, 0.2) is 24.3 Å². The van der Waals surface area contributed by atoms with E-state index < -0.39 is 4.84 Å². The molecule has 0 N–H and O–H groups in total. The van der Waals surface area contributed by atoms with Gasteiger partial charge < -0.3 is 4.74 Å². The lowest BCUT2D eigenvalue weighted by Crippen LogP contribution is -2.05. The summed E-state index contributed by atoms with van der Waals surface area (Å²) in [6.07, 6.45) is 0. The van der Waals surface area contributed by atoms with Gasteiger partial charge in [-0.05, 0) is 34.7 Å². The maximum atomic E-state index is 5.52. The van der Waals surface area contributed by atoms with E-state index in [0.717, 1.165) is 9.32 Å². The molecule has 0 spiro atoms.